The standard InChI is InChI=1S/C12H9BrClNO/c13-10-3-1-9(2-4-10)8-16-11-5-6-15-12(14)7-11/h1-7H,8H2. The van der Waals surface area contributed by atoms with Crippen molar-refractivity contribution in [1.82, 2.24) is 4.98 Å². The summed E-state index contributed by atoms with van der Waals surface area (Å²) >= 11 is 9.13. The third-order valence-electron chi connectivity index (χ3n) is 2.02. The van der Waals surface area contributed by atoms with Gasteiger partial charge in [-0.25, -0.2) is 4.98 Å². The minimum Gasteiger partial charge on any atom is -0.489 e. The number of pyridine rings is 1. The Kier molecular flexibility index (Phi) is 3.80. The van der Waals surface area contributed by atoms with Gasteiger partial charge in [-0.05, 0) is 23.8 Å². The highest BCUT2D eigenvalue weighted by atomic mass is 79.9. The summed E-state index contributed by atoms with van der Waals surface area (Å²) in [6, 6.07) is 11.5. The van der Waals surface area contributed by atoms with Crippen molar-refractivity contribution >= 4 is 27.5 Å². The van der Waals surface area contributed by atoms with E-state index in [1.54, 1.807) is 18.3 Å². The zero-order valence-electron chi connectivity index (χ0n) is 8.36. The van der Waals surface area contributed by atoms with Gasteiger partial charge in [0.25, 0.3) is 0 Å². The van der Waals surface area contributed by atoms with E-state index in [1.807, 2.05) is 24.3 Å². The van der Waals surface area contributed by atoms with Crippen LogP contribution in [0, 0.1) is 0 Å². The van der Waals surface area contributed by atoms with Gasteiger partial charge in [-0.3, -0.25) is 0 Å². The van der Waals surface area contributed by atoms with Gasteiger partial charge in [-0.1, -0.05) is 39.7 Å². The minimum atomic E-state index is 0.438. The van der Waals surface area contributed by atoms with Crippen LogP contribution in [0.5, 0.6) is 5.75 Å². The molecule has 1 aromatic carbocycles. The molecule has 1 aromatic heterocycles. The lowest BCUT2D eigenvalue weighted by Crippen LogP contribution is -1.95. The molecule has 0 fully saturated rings. The van der Waals surface area contributed by atoms with Gasteiger partial charge in [0.05, 0.1) is 0 Å². The van der Waals surface area contributed by atoms with Gasteiger partial charge < -0.3 is 4.74 Å². The second-order valence-corrected chi connectivity index (χ2v) is 4.53. The van der Waals surface area contributed by atoms with E-state index in [4.69, 9.17) is 16.3 Å². The monoisotopic (exact) mass is 297 g/mol. The van der Waals surface area contributed by atoms with E-state index in [0.717, 1.165) is 15.8 Å². The van der Waals surface area contributed by atoms with Crippen LogP contribution in [-0.2, 0) is 6.61 Å². The van der Waals surface area contributed by atoms with Crippen LogP contribution in [0.2, 0.25) is 5.15 Å². The van der Waals surface area contributed by atoms with Crippen LogP contribution in [0.3, 0.4) is 0 Å². The second-order valence-electron chi connectivity index (χ2n) is 3.23. The predicted octanol–water partition coefficient (Wildman–Crippen LogP) is 4.08. The smallest absolute Gasteiger partial charge is 0.132 e. The summed E-state index contributed by atoms with van der Waals surface area (Å²) < 4.78 is 6.63. The van der Waals surface area contributed by atoms with Crippen molar-refractivity contribution in [2.45, 2.75) is 6.61 Å². The SMILES string of the molecule is Clc1cc(OCc2ccc(Br)cc2)ccn1. The Labute approximate surface area is 107 Å². The zero-order valence-corrected chi connectivity index (χ0v) is 10.7. The van der Waals surface area contributed by atoms with Gasteiger partial charge in [0.2, 0.25) is 0 Å². The second kappa shape index (κ2) is 5.32. The number of hydrogen-bond acceptors (Lipinski definition) is 2. The fraction of sp³-hybridized carbons (Fsp3) is 0.0833. The number of rotatable bonds is 3. The van der Waals surface area contributed by atoms with Crippen LogP contribution >= 0.6 is 27.5 Å². The Bertz CT molecular complexity index is 473. The van der Waals surface area contributed by atoms with Crippen LogP contribution in [0.4, 0.5) is 0 Å². The molecule has 0 spiro atoms. The van der Waals surface area contributed by atoms with Gasteiger partial charge in [-0.15, -0.1) is 0 Å². The molecular weight excluding hydrogens is 289 g/mol. The molecule has 0 aliphatic rings. The summed E-state index contributed by atoms with van der Waals surface area (Å²) in [6.07, 6.45) is 1.62. The van der Waals surface area contributed by atoms with E-state index < -0.39 is 0 Å². The van der Waals surface area contributed by atoms with Gasteiger partial charge in [0.1, 0.15) is 17.5 Å². The molecule has 1 heterocycles. The maximum Gasteiger partial charge on any atom is 0.132 e. The molecule has 0 bridgehead atoms. The molecule has 82 valence electrons. The number of benzene rings is 1. The molecule has 0 radical (unpaired) electrons. The number of ether oxygens (including phenoxy) is 1. The Balaban J connectivity index is 1.99. The van der Waals surface area contributed by atoms with Crippen LogP contribution in [0.1, 0.15) is 5.56 Å². The third-order valence-corrected chi connectivity index (χ3v) is 2.75. The maximum absolute atomic E-state index is 5.75. The molecule has 2 aromatic rings. The average molecular weight is 299 g/mol. The maximum atomic E-state index is 5.75. The molecule has 0 N–H and O–H groups in total. The highest BCUT2D eigenvalue weighted by Gasteiger charge is 1.97. The minimum absolute atomic E-state index is 0.438. The molecule has 0 unspecified atom stereocenters. The molecule has 0 saturated carbocycles. The summed E-state index contributed by atoms with van der Waals surface area (Å²) in [5.74, 6) is 0.725. The van der Waals surface area contributed by atoms with Gasteiger partial charge in [0, 0.05) is 16.7 Å². The van der Waals surface area contributed by atoms with Crippen molar-refractivity contribution in [1.29, 1.82) is 0 Å². The van der Waals surface area contributed by atoms with E-state index in [1.165, 1.54) is 0 Å². The fourth-order valence-corrected chi connectivity index (χ4v) is 1.65. The topological polar surface area (TPSA) is 22.1 Å². The highest BCUT2D eigenvalue weighted by Crippen LogP contribution is 2.17. The van der Waals surface area contributed by atoms with E-state index in [9.17, 15) is 0 Å². The Morgan fingerprint density at radius 3 is 2.62 bits per heavy atom. The number of halogens is 2. The lowest BCUT2D eigenvalue weighted by atomic mass is 10.2. The van der Waals surface area contributed by atoms with Crippen molar-refractivity contribution in [2.24, 2.45) is 0 Å². The number of aromatic nitrogens is 1. The highest BCUT2D eigenvalue weighted by molar-refractivity contribution is 9.10. The van der Waals surface area contributed by atoms with Crippen LogP contribution in [0.15, 0.2) is 47.1 Å². The molecule has 4 heteroatoms. The molecule has 0 atom stereocenters. The van der Waals surface area contributed by atoms with E-state index >= 15 is 0 Å². The zero-order chi connectivity index (χ0) is 11.4. The molecule has 0 amide bonds. The van der Waals surface area contributed by atoms with Crippen LogP contribution in [-0.4, -0.2) is 4.98 Å². The van der Waals surface area contributed by atoms with Gasteiger partial charge in [-0.2, -0.15) is 0 Å². The molecule has 0 aliphatic carbocycles. The van der Waals surface area contributed by atoms with Gasteiger partial charge in [0.15, 0.2) is 0 Å². The van der Waals surface area contributed by atoms with E-state index in [-0.39, 0.29) is 0 Å². The van der Waals surface area contributed by atoms with Crippen LogP contribution < -0.4 is 4.74 Å². The molecule has 2 rings (SSSR count). The van der Waals surface area contributed by atoms with Gasteiger partial charge >= 0.3 is 0 Å². The van der Waals surface area contributed by atoms with Crippen LogP contribution in [0.25, 0.3) is 0 Å². The first-order valence-electron chi connectivity index (χ1n) is 4.73. The van der Waals surface area contributed by atoms with E-state index in [2.05, 4.69) is 20.9 Å². The number of hydrogen-bond donors (Lipinski definition) is 0. The largest absolute Gasteiger partial charge is 0.489 e. The van der Waals surface area contributed by atoms with Crippen molar-refractivity contribution in [3.8, 4) is 5.75 Å². The lowest BCUT2D eigenvalue weighted by molar-refractivity contribution is 0.306. The summed E-state index contributed by atoms with van der Waals surface area (Å²) in [7, 11) is 0. The molecule has 0 aliphatic heterocycles. The predicted molar refractivity (Wildman–Crippen MR) is 67.7 cm³/mol. The Morgan fingerprint density at radius 1 is 1.19 bits per heavy atom. The summed E-state index contributed by atoms with van der Waals surface area (Å²) in [5.41, 5.74) is 1.11. The normalized spacial score (nSPS) is 10.1. The first-order chi connectivity index (χ1) is 7.74. The van der Waals surface area contributed by atoms with Crippen molar-refractivity contribution in [3.63, 3.8) is 0 Å². The summed E-state index contributed by atoms with van der Waals surface area (Å²) in [5, 5.41) is 0.438. The first kappa shape index (κ1) is 11.4. The lowest BCUT2D eigenvalue weighted by Gasteiger charge is -2.06. The molecule has 16 heavy (non-hydrogen) atoms. The molecule has 0 saturated heterocycles. The fourth-order valence-electron chi connectivity index (χ4n) is 1.22. The summed E-state index contributed by atoms with van der Waals surface area (Å²) in [4.78, 5) is 3.89. The van der Waals surface area contributed by atoms with Crippen molar-refractivity contribution < 1.29 is 4.74 Å². The van der Waals surface area contributed by atoms with Crippen molar-refractivity contribution in [3.05, 3.63) is 57.8 Å². The summed E-state index contributed by atoms with van der Waals surface area (Å²) in [6.45, 7) is 0.521. The van der Waals surface area contributed by atoms with E-state index in [0.29, 0.717) is 11.8 Å². The average Bonchev–Trinajstić information content (AvgIpc) is 2.28. The molecule has 2 nitrogen and oxygen atoms in total. The molecular formula is C12H9BrClNO. The quantitative estimate of drug-likeness (QED) is 0.797. The Hall–Kier alpha value is -1.06. The first-order valence-corrected chi connectivity index (χ1v) is 5.90. The van der Waals surface area contributed by atoms with Crippen molar-refractivity contribution in [2.75, 3.05) is 0 Å². The number of nitrogens with zero attached hydrogens (tertiary/aromatic N) is 1. The third kappa shape index (κ3) is 3.22. The Morgan fingerprint density at radius 2 is 1.94 bits per heavy atom.